The minimum Gasteiger partial charge on any atom is -0.207 e. The molecule has 6 heteroatoms. The van der Waals surface area contributed by atoms with Crippen LogP contribution in [0.2, 0.25) is 0 Å². The second-order valence-corrected chi connectivity index (χ2v) is 7.37. The molecule has 22 heavy (non-hydrogen) atoms. The molecule has 0 heterocycles. The van der Waals surface area contributed by atoms with Crippen LogP contribution in [-0.2, 0) is 10.2 Å². The summed E-state index contributed by atoms with van der Waals surface area (Å²) in [6.07, 6.45) is 0. The number of rotatable bonds is 5. The van der Waals surface area contributed by atoms with Crippen LogP contribution in [0.5, 0.6) is 0 Å². The van der Waals surface area contributed by atoms with Crippen LogP contribution >= 0.6 is 0 Å². The molecule has 0 bridgehead atoms. The van der Waals surface area contributed by atoms with Crippen molar-refractivity contribution >= 4 is 10.2 Å². The molecule has 0 N–H and O–H groups in total. The Morgan fingerprint density at radius 1 is 0.864 bits per heavy atom. The summed E-state index contributed by atoms with van der Waals surface area (Å²) in [5.74, 6) is -0.353. The molecule has 0 aliphatic heterocycles. The molecule has 0 aliphatic rings. The van der Waals surface area contributed by atoms with E-state index < -0.39 is 16.3 Å². The highest BCUT2D eigenvalue weighted by Gasteiger charge is 2.30. The standard InChI is InChI=1S/C16H19FN2O2S/c1-18(2)22(20,21)19(3)16(13-7-5-4-6-8-13)14-9-11-15(17)12-10-14/h4-12,16H,1-3H3/t16-/m1/s1. The van der Waals surface area contributed by atoms with Crippen molar-refractivity contribution in [1.82, 2.24) is 8.61 Å². The highest BCUT2D eigenvalue weighted by atomic mass is 32.2. The summed E-state index contributed by atoms with van der Waals surface area (Å²) in [6.45, 7) is 0. The lowest BCUT2D eigenvalue weighted by Gasteiger charge is -2.30. The van der Waals surface area contributed by atoms with Crippen molar-refractivity contribution < 1.29 is 12.8 Å². The second kappa shape index (κ2) is 6.56. The average Bonchev–Trinajstić information content (AvgIpc) is 2.50. The van der Waals surface area contributed by atoms with E-state index >= 15 is 0 Å². The van der Waals surface area contributed by atoms with Gasteiger partial charge in [-0.1, -0.05) is 42.5 Å². The van der Waals surface area contributed by atoms with Gasteiger partial charge in [0.1, 0.15) is 5.82 Å². The third-order valence-corrected chi connectivity index (χ3v) is 5.35. The van der Waals surface area contributed by atoms with Gasteiger partial charge in [0.05, 0.1) is 6.04 Å². The van der Waals surface area contributed by atoms with Gasteiger partial charge in [0, 0.05) is 21.1 Å². The van der Waals surface area contributed by atoms with E-state index in [0.29, 0.717) is 5.56 Å². The molecule has 0 fully saturated rings. The maximum absolute atomic E-state index is 13.2. The van der Waals surface area contributed by atoms with Gasteiger partial charge in [0.2, 0.25) is 0 Å². The molecule has 118 valence electrons. The first kappa shape index (κ1) is 16.6. The summed E-state index contributed by atoms with van der Waals surface area (Å²) in [7, 11) is 0.884. The van der Waals surface area contributed by atoms with Crippen molar-refractivity contribution in [2.45, 2.75) is 6.04 Å². The zero-order valence-corrected chi connectivity index (χ0v) is 13.6. The molecule has 4 nitrogen and oxygen atoms in total. The molecule has 0 amide bonds. The molecule has 0 unspecified atom stereocenters. The average molecular weight is 322 g/mol. The molecule has 0 saturated carbocycles. The fourth-order valence-electron chi connectivity index (χ4n) is 2.28. The number of hydrogen-bond acceptors (Lipinski definition) is 2. The summed E-state index contributed by atoms with van der Waals surface area (Å²) in [6, 6.07) is 14.6. The second-order valence-electron chi connectivity index (χ2n) is 5.17. The Kier molecular flexibility index (Phi) is 4.95. The van der Waals surface area contributed by atoms with E-state index in [4.69, 9.17) is 0 Å². The lowest BCUT2D eigenvalue weighted by Crippen LogP contribution is -2.40. The maximum Gasteiger partial charge on any atom is 0.282 e. The molecule has 2 aromatic carbocycles. The minimum absolute atomic E-state index is 0.353. The summed E-state index contributed by atoms with van der Waals surface area (Å²) < 4.78 is 40.5. The van der Waals surface area contributed by atoms with Crippen LogP contribution < -0.4 is 0 Å². The van der Waals surface area contributed by atoms with Crippen LogP contribution in [0.15, 0.2) is 54.6 Å². The van der Waals surface area contributed by atoms with Crippen LogP contribution in [0.3, 0.4) is 0 Å². The van der Waals surface area contributed by atoms with Gasteiger partial charge in [0.25, 0.3) is 10.2 Å². The fraction of sp³-hybridized carbons (Fsp3) is 0.250. The van der Waals surface area contributed by atoms with Gasteiger partial charge >= 0.3 is 0 Å². The number of halogens is 1. The fourth-order valence-corrected chi connectivity index (χ4v) is 3.31. The van der Waals surface area contributed by atoms with Crippen LogP contribution in [0.1, 0.15) is 17.2 Å². The Labute approximate surface area is 131 Å². The maximum atomic E-state index is 13.2. The van der Waals surface area contributed by atoms with Crippen molar-refractivity contribution in [2.24, 2.45) is 0 Å². The van der Waals surface area contributed by atoms with Gasteiger partial charge in [-0.15, -0.1) is 0 Å². The molecular weight excluding hydrogens is 303 g/mol. The zero-order valence-electron chi connectivity index (χ0n) is 12.8. The van der Waals surface area contributed by atoms with Gasteiger partial charge in [-0.2, -0.15) is 17.0 Å². The van der Waals surface area contributed by atoms with E-state index in [1.807, 2.05) is 30.3 Å². The Morgan fingerprint density at radius 3 is 1.86 bits per heavy atom. The van der Waals surface area contributed by atoms with Gasteiger partial charge in [-0.25, -0.2) is 4.39 Å². The normalized spacial score (nSPS) is 13.5. The molecule has 0 aromatic heterocycles. The van der Waals surface area contributed by atoms with Crippen molar-refractivity contribution in [3.05, 3.63) is 71.5 Å². The highest BCUT2D eigenvalue weighted by molar-refractivity contribution is 7.86. The van der Waals surface area contributed by atoms with Crippen LogP contribution in [0, 0.1) is 5.82 Å². The van der Waals surface area contributed by atoms with Gasteiger partial charge in [0.15, 0.2) is 0 Å². The highest BCUT2D eigenvalue weighted by Crippen LogP contribution is 2.30. The van der Waals surface area contributed by atoms with Gasteiger partial charge in [-0.05, 0) is 23.3 Å². The Hall–Kier alpha value is -1.76. The molecule has 1 atom stereocenters. The molecule has 0 spiro atoms. The number of hydrogen-bond donors (Lipinski definition) is 0. The third-order valence-electron chi connectivity index (χ3n) is 3.49. The lowest BCUT2D eigenvalue weighted by atomic mass is 9.99. The number of nitrogens with zero attached hydrogens (tertiary/aromatic N) is 2. The first-order valence-corrected chi connectivity index (χ1v) is 8.19. The molecule has 0 radical (unpaired) electrons. The smallest absolute Gasteiger partial charge is 0.207 e. The molecule has 2 rings (SSSR count). The van der Waals surface area contributed by atoms with Crippen LogP contribution in [-0.4, -0.2) is 38.2 Å². The quantitative estimate of drug-likeness (QED) is 0.849. The Bertz CT molecular complexity index is 716. The Morgan fingerprint density at radius 2 is 1.36 bits per heavy atom. The molecule has 0 aliphatic carbocycles. The summed E-state index contributed by atoms with van der Waals surface area (Å²) in [5, 5.41) is 0. The first-order chi connectivity index (χ1) is 10.3. The Balaban J connectivity index is 2.54. The van der Waals surface area contributed by atoms with Crippen molar-refractivity contribution in [3.63, 3.8) is 0 Å². The van der Waals surface area contributed by atoms with E-state index in [2.05, 4.69) is 0 Å². The van der Waals surface area contributed by atoms with Crippen molar-refractivity contribution in [2.75, 3.05) is 21.1 Å². The van der Waals surface area contributed by atoms with E-state index in [0.717, 1.165) is 9.87 Å². The third kappa shape index (κ3) is 3.35. The predicted molar refractivity (Wildman–Crippen MR) is 85.1 cm³/mol. The SMILES string of the molecule is CN(C)S(=O)(=O)N(C)[C@H](c1ccccc1)c1ccc(F)cc1. The molecular formula is C16H19FN2O2S. The van der Waals surface area contributed by atoms with E-state index in [1.165, 1.54) is 37.6 Å². The molecule has 0 saturated heterocycles. The zero-order chi connectivity index (χ0) is 16.3. The van der Waals surface area contributed by atoms with Gasteiger partial charge in [-0.3, -0.25) is 0 Å². The molecule has 2 aromatic rings. The van der Waals surface area contributed by atoms with Crippen LogP contribution in [0.25, 0.3) is 0 Å². The summed E-state index contributed by atoms with van der Waals surface area (Å²) in [5.41, 5.74) is 1.53. The minimum atomic E-state index is -3.61. The van der Waals surface area contributed by atoms with Gasteiger partial charge < -0.3 is 0 Å². The monoisotopic (exact) mass is 322 g/mol. The first-order valence-electron chi connectivity index (χ1n) is 6.80. The van der Waals surface area contributed by atoms with E-state index in [1.54, 1.807) is 12.1 Å². The van der Waals surface area contributed by atoms with E-state index in [9.17, 15) is 12.8 Å². The van der Waals surface area contributed by atoms with E-state index in [-0.39, 0.29) is 5.82 Å². The number of benzene rings is 2. The van der Waals surface area contributed by atoms with Crippen molar-refractivity contribution in [3.8, 4) is 0 Å². The van der Waals surface area contributed by atoms with Crippen LogP contribution in [0.4, 0.5) is 4.39 Å². The summed E-state index contributed by atoms with van der Waals surface area (Å²) >= 11 is 0. The lowest BCUT2D eigenvalue weighted by molar-refractivity contribution is 0.379. The topological polar surface area (TPSA) is 40.6 Å². The van der Waals surface area contributed by atoms with Crippen molar-refractivity contribution in [1.29, 1.82) is 0 Å². The predicted octanol–water partition coefficient (Wildman–Crippen LogP) is 2.65. The largest absolute Gasteiger partial charge is 0.282 e. The summed E-state index contributed by atoms with van der Waals surface area (Å²) in [4.78, 5) is 0.